The fourth-order valence-corrected chi connectivity index (χ4v) is 2.30. The van der Waals surface area contributed by atoms with Gasteiger partial charge in [0, 0.05) is 5.38 Å². The maximum Gasteiger partial charge on any atom is 0.348 e. The maximum atomic E-state index is 11.5. The fraction of sp³-hybridized carbons (Fsp3) is 0.333. The smallest absolute Gasteiger partial charge is 0.348 e. The van der Waals surface area contributed by atoms with Crippen LogP contribution in [0.15, 0.2) is 5.38 Å². The van der Waals surface area contributed by atoms with E-state index in [2.05, 4.69) is 10.6 Å². The Balaban J connectivity index is 2.39. The number of hydrogen-bond donors (Lipinski definition) is 3. The molecule has 1 aliphatic heterocycles. The van der Waals surface area contributed by atoms with Crippen molar-refractivity contribution in [1.29, 1.82) is 0 Å². The molecule has 0 bridgehead atoms. The molecule has 0 spiro atoms. The van der Waals surface area contributed by atoms with Crippen molar-refractivity contribution in [2.24, 2.45) is 0 Å². The summed E-state index contributed by atoms with van der Waals surface area (Å²) in [5.74, 6) is -1.08. The first-order chi connectivity index (χ1) is 7.13. The van der Waals surface area contributed by atoms with Gasteiger partial charge in [0.05, 0.1) is 11.4 Å². The lowest BCUT2D eigenvalue weighted by Gasteiger charge is -2.23. The Hall–Kier alpha value is -1.56. The summed E-state index contributed by atoms with van der Waals surface area (Å²) in [6.07, 6.45) is 0.625. The van der Waals surface area contributed by atoms with Gasteiger partial charge in [0.2, 0.25) is 5.91 Å². The average molecular weight is 226 g/mol. The second-order valence-electron chi connectivity index (χ2n) is 3.25. The lowest BCUT2D eigenvalue weighted by Crippen LogP contribution is -2.38. The summed E-state index contributed by atoms with van der Waals surface area (Å²) in [7, 11) is 0. The van der Waals surface area contributed by atoms with Gasteiger partial charge in [-0.1, -0.05) is 6.92 Å². The third-order valence-electron chi connectivity index (χ3n) is 2.29. The molecule has 0 saturated heterocycles. The highest BCUT2D eigenvalue weighted by Crippen LogP contribution is 2.36. The number of fused-ring (bicyclic) bond motifs is 1. The van der Waals surface area contributed by atoms with Crippen LogP contribution in [0.3, 0.4) is 0 Å². The number of carbonyl (C=O) groups is 2. The van der Waals surface area contributed by atoms with Crippen molar-refractivity contribution in [3.05, 3.63) is 10.3 Å². The normalized spacial score (nSPS) is 19.0. The number of carbonyl (C=O) groups excluding carboxylic acids is 1. The van der Waals surface area contributed by atoms with E-state index in [1.165, 1.54) is 0 Å². The Morgan fingerprint density at radius 3 is 3.00 bits per heavy atom. The Morgan fingerprint density at radius 1 is 1.67 bits per heavy atom. The molecule has 15 heavy (non-hydrogen) atoms. The minimum Gasteiger partial charge on any atom is -0.477 e. The topological polar surface area (TPSA) is 78.4 Å². The van der Waals surface area contributed by atoms with Crippen LogP contribution in [-0.2, 0) is 4.79 Å². The van der Waals surface area contributed by atoms with E-state index < -0.39 is 5.97 Å². The van der Waals surface area contributed by atoms with E-state index in [1.54, 1.807) is 5.38 Å². The molecule has 1 aromatic rings. The zero-order valence-corrected chi connectivity index (χ0v) is 8.85. The highest BCUT2D eigenvalue weighted by atomic mass is 32.1. The third-order valence-corrected chi connectivity index (χ3v) is 3.25. The SMILES string of the molecule is CCC1Nc2c(csc2C(=O)O)NC1=O. The summed E-state index contributed by atoms with van der Waals surface area (Å²) in [5.41, 5.74) is 1.09. The first-order valence-electron chi connectivity index (χ1n) is 4.55. The van der Waals surface area contributed by atoms with E-state index in [0.717, 1.165) is 11.3 Å². The Bertz CT molecular complexity index is 427. The number of nitrogens with one attached hydrogen (secondary N) is 2. The minimum atomic E-state index is -0.972. The fourth-order valence-electron chi connectivity index (χ4n) is 1.50. The van der Waals surface area contributed by atoms with Crippen LogP contribution in [-0.4, -0.2) is 23.0 Å². The van der Waals surface area contributed by atoms with Crippen molar-refractivity contribution in [1.82, 2.24) is 0 Å². The lowest BCUT2D eigenvalue weighted by atomic mass is 10.1. The molecule has 0 saturated carbocycles. The highest BCUT2D eigenvalue weighted by molar-refractivity contribution is 7.13. The molecule has 5 nitrogen and oxygen atoms in total. The van der Waals surface area contributed by atoms with Crippen LogP contribution < -0.4 is 10.6 Å². The van der Waals surface area contributed by atoms with Gasteiger partial charge in [-0.15, -0.1) is 11.3 Å². The van der Waals surface area contributed by atoms with E-state index in [1.807, 2.05) is 6.92 Å². The second-order valence-corrected chi connectivity index (χ2v) is 4.13. The van der Waals surface area contributed by atoms with Crippen LogP contribution in [0.1, 0.15) is 23.0 Å². The van der Waals surface area contributed by atoms with Crippen LogP contribution in [0.2, 0.25) is 0 Å². The molecule has 0 aliphatic carbocycles. The van der Waals surface area contributed by atoms with Crippen molar-refractivity contribution >= 4 is 34.6 Å². The number of carboxylic acid groups (broad SMARTS) is 1. The van der Waals surface area contributed by atoms with Crippen LogP contribution in [0.4, 0.5) is 11.4 Å². The number of anilines is 2. The number of rotatable bonds is 2. The first-order valence-corrected chi connectivity index (χ1v) is 5.43. The van der Waals surface area contributed by atoms with Crippen LogP contribution in [0.25, 0.3) is 0 Å². The molecule has 0 fully saturated rings. The van der Waals surface area contributed by atoms with Gasteiger partial charge in [-0.25, -0.2) is 4.79 Å². The van der Waals surface area contributed by atoms with Gasteiger partial charge in [-0.05, 0) is 6.42 Å². The predicted octanol–water partition coefficient (Wildman–Crippen LogP) is 1.59. The standard InChI is InChI=1S/C9H10N2O3S/c1-2-4-8(12)11-5-3-15-7(9(13)14)6(5)10-4/h3-4,10H,2H2,1H3,(H,11,12)(H,13,14). The molecular weight excluding hydrogens is 216 g/mol. The Kier molecular flexibility index (Phi) is 2.36. The van der Waals surface area contributed by atoms with E-state index in [0.29, 0.717) is 17.8 Å². The summed E-state index contributed by atoms with van der Waals surface area (Å²) >= 11 is 1.11. The van der Waals surface area contributed by atoms with Gasteiger partial charge in [0.1, 0.15) is 10.9 Å². The van der Waals surface area contributed by atoms with Gasteiger partial charge in [-0.3, -0.25) is 4.79 Å². The summed E-state index contributed by atoms with van der Waals surface area (Å²) in [6, 6.07) is -0.342. The van der Waals surface area contributed by atoms with Gasteiger partial charge >= 0.3 is 5.97 Å². The van der Waals surface area contributed by atoms with Crippen molar-refractivity contribution in [2.75, 3.05) is 10.6 Å². The number of amides is 1. The molecule has 2 heterocycles. The zero-order valence-electron chi connectivity index (χ0n) is 8.03. The van der Waals surface area contributed by atoms with Crippen molar-refractivity contribution in [3.8, 4) is 0 Å². The minimum absolute atomic E-state index is 0.111. The second kappa shape index (κ2) is 3.54. The van der Waals surface area contributed by atoms with Gasteiger partial charge in [0.15, 0.2) is 0 Å². The molecule has 6 heteroatoms. The van der Waals surface area contributed by atoms with Gasteiger partial charge < -0.3 is 15.7 Å². The van der Waals surface area contributed by atoms with E-state index in [4.69, 9.17) is 5.11 Å². The summed E-state index contributed by atoms with van der Waals surface area (Å²) in [5, 5.41) is 16.2. The molecule has 1 unspecified atom stereocenters. The largest absolute Gasteiger partial charge is 0.477 e. The summed E-state index contributed by atoms with van der Waals surface area (Å²) < 4.78 is 0. The molecule has 3 N–H and O–H groups in total. The predicted molar refractivity (Wildman–Crippen MR) is 57.6 cm³/mol. The van der Waals surface area contributed by atoms with Crippen LogP contribution in [0.5, 0.6) is 0 Å². The van der Waals surface area contributed by atoms with E-state index >= 15 is 0 Å². The molecule has 1 atom stereocenters. The Labute approximate surface area is 90.1 Å². The number of aromatic carboxylic acids is 1. The van der Waals surface area contributed by atoms with E-state index in [9.17, 15) is 9.59 Å². The summed E-state index contributed by atoms with van der Waals surface area (Å²) in [4.78, 5) is 22.6. The first kappa shape index (κ1) is 9.97. The molecule has 1 amide bonds. The third kappa shape index (κ3) is 1.56. The monoisotopic (exact) mass is 226 g/mol. The average Bonchev–Trinajstić information content (AvgIpc) is 2.59. The van der Waals surface area contributed by atoms with Crippen LogP contribution >= 0.6 is 11.3 Å². The molecule has 1 aromatic heterocycles. The van der Waals surface area contributed by atoms with E-state index in [-0.39, 0.29) is 16.8 Å². The van der Waals surface area contributed by atoms with Gasteiger partial charge in [-0.2, -0.15) is 0 Å². The quantitative estimate of drug-likeness (QED) is 0.715. The van der Waals surface area contributed by atoms with Crippen LogP contribution in [0, 0.1) is 0 Å². The van der Waals surface area contributed by atoms with Crippen molar-refractivity contribution in [2.45, 2.75) is 19.4 Å². The van der Waals surface area contributed by atoms with Crippen molar-refractivity contribution < 1.29 is 14.7 Å². The highest BCUT2D eigenvalue weighted by Gasteiger charge is 2.28. The molecule has 0 aromatic carbocycles. The molecular formula is C9H10N2O3S. The number of hydrogen-bond acceptors (Lipinski definition) is 4. The lowest BCUT2D eigenvalue weighted by molar-refractivity contribution is -0.117. The number of thiophene rings is 1. The maximum absolute atomic E-state index is 11.5. The van der Waals surface area contributed by atoms with Gasteiger partial charge in [0.25, 0.3) is 0 Å². The molecule has 80 valence electrons. The molecule has 0 radical (unpaired) electrons. The zero-order chi connectivity index (χ0) is 11.0. The summed E-state index contributed by atoms with van der Waals surface area (Å²) in [6.45, 7) is 1.87. The Morgan fingerprint density at radius 2 is 2.40 bits per heavy atom. The molecule has 2 rings (SSSR count). The molecule has 1 aliphatic rings. The van der Waals surface area contributed by atoms with Crippen molar-refractivity contribution in [3.63, 3.8) is 0 Å². The number of carboxylic acids is 1.